The number of rotatable bonds is 7. The highest BCUT2D eigenvalue weighted by Gasteiger charge is 2.29. The van der Waals surface area contributed by atoms with Crippen LogP contribution in [0.4, 0.5) is 0 Å². The van der Waals surface area contributed by atoms with Crippen LogP contribution in [0.15, 0.2) is 64.3 Å². The average Bonchev–Trinajstić information content (AvgIpc) is 3.36. The van der Waals surface area contributed by atoms with Crippen LogP contribution in [0.5, 0.6) is 0 Å². The van der Waals surface area contributed by atoms with Crippen LogP contribution in [-0.2, 0) is 12.3 Å². The van der Waals surface area contributed by atoms with E-state index in [0.29, 0.717) is 29.1 Å². The van der Waals surface area contributed by atoms with Crippen molar-refractivity contribution >= 4 is 23.4 Å². The second kappa shape index (κ2) is 8.00. The van der Waals surface area contributed by atoms with Gasteiger partial charge < -0.3 is 4.52 Å². The van der Waals surface area contributed by atoms with Crippen molar-refractivity contribution in [3.63, 3.8) is 0 Å². The molecule has 8 heteroatoms. The second-order valence-electron chi connectivity index (χ2n) is 7.00. The summed E-state index contributed by atoms with van der Waals surface area (Å²) in [6.45, 7) is 0.674. The Hall–Kier alpha value is -2.64. The predicted molar refractivity (Wildman–Crippen MR) is 112 cm³/mol. The molecule has 1 saturated carbocycles. The minimum Gasteiger partial charge on any atom is -0.339 e. The molecule has 2 aromatic heterocycles. The van der Waals surface area contributed by atoms with Gasteiger partial charge in [0.05, 0.1) is 12.3 Å². The van der Waals surface area contributed by atoms with Gasteiger partial charge in [-0.3, -0.25) is 4.57 Å². The van der Waals surface area contributed by atoms with Crippen LogP contribution in [0.3, 0.4) is 0 Å². The first-order valence-electron chi connectivity index (χ1n) is 9.44. The zero-order chi connectivity index (χ0) is 19.6. The number of hydrogen-bond acceptors (Lipinski definition) is 6. The first-order chi connectivity index (χ1) is 14.3. The van der Waals surface area contributed by atoms with Gasteiger partial charge in [0.1, 0.15) is 0 Å². The highest BCUT2D eigenvalue weighted by atomic mass is 35.5. The minimum atomic E-state index is 0.458. The van der Waals surface area contributed by atoms with E-state index in [1.807, 2.05) is 42.5 Å². The van der Waals surface area contributed by atoms with Crippen LogP contribution in [0.1, 0.15) is 36.0 Å². The fourth-order valence-corrected chi connectivity index (χ4v) is 3.97. The molecule has 6 nitrogen and oxygen atoms in total. The van der Waals surface area contributed by atoms with Crippen molar-refractivity contribution in [2.24, 2.45) is 0 Å². The van der Waals surface area contributed by atoms with E-state index >= 15 is 0 Å². The van der Waals surface area contributed by atoms with Crippen molar-refractivity contribution in [2.75, 3.05) is 0 Å². The summed E-state index contributed by atoms with van der Waals surface area (Å²) in [6, 6.07) is 17.9. The summed E-state index contributed by atoms with van der Waals surface area (Å²) in [5.74, 6) is 3.30. The molecule has 0 bridgehead atoms. The summed E-state index contributed by atoms with van der Waals surface area (Å²) in [4.78, 5) is 4.50. The molecule has 1 aliphatic rings. The molecule has 2 aromatic carbocycles. The monoisotopic (exact) mass is 423 g/mol. The summed E-state index contributed by atoms with van der Waals surface area (Å²) < 4.78 is 7.48. The lowest BCUT2D eigenvalue weighted by Crippen LogP contribution is -2.04. The summed E-state index contributed by atoms with van der Waals surface area (Å²) in [6.07, 6.45) is 2.29. The van der Waals surface area contributed by atoms with Crippen molar-refractivity contribution in [3.05, 3.63) is 76.9 Å². The topological polar surface area (TPSA) is 69.6 Å². The number of thioether (sulfide) groups is 1. The molecule has 0 saturated heterocycles. The van der Waals surface area contributed by atoms with Crippen LogP contribution >= 0.6 is 23.4 Å². The quantitative estimate of drug-likeness (QED) is 0.380. The Morgan fingerprint density at radius 2 is 1.83 bits per heavy atom. The van der Waals surface area contributed by atoms with Crippen molar-refractivity contribution in [1.82, 2.24) is 24.9 Å². The zero-order valence-electron chi connectivity index (χ0n) is 15.5. The number of halogens is 1. The van der Waals surface area contributed by atoms with Crippen LogP contribution < -0.4 is 0 Å². The number of hydrogen-bond donors (Lipinski definition) is 0. The first-order valence-corrected chi connectivity index (χ1v) is 10.8. The highest BCUT2D eigenvalue weighted by molar-refractivity contribution is 7.98. The maximum absolute atomic E-state index is 6.05. The lowest BCUT2D eigenvalue weighted by Gasteiger charge is -2.10. The van der Waals surface area contributed by atoms with E-state index in [1.165, 1.54) is 5.56 Å². The third kappa shape index (κ3) is 4.21. The van der Waals surface area contributed by atoms with E-state index in [-0.39, 0.29) is 0 Å². The molecule has 0 spiro atoms. The van der Waals surface area contributed by atoms with E-state index in [2.05, 4.69) is 37.0 Å². The van der Waals surface area contributed by atoms with Gasteiger partial charge in [-0.1, -0.05) is 58.9 Å². The molecule has 0 N–H and O–H groups in total. The zero-order valence-corrected chi connectivity index (χ0v) is 17.1. The molecule has 5 rings (SSSR count). The molecule has 1 aliphatic carbocycles. The Bertz CT molecular complexity index is 1110. The van der Waals surface area contributed by atoms with Crippen LogP contribution in [0.2, 0.25) is 5.02 Å². The van der Waals surface area contributed by atoms with Crippen molar-refractivity contribution in [3.8, 4) is 11.4 Å². The van der Waals surface area contributed by atoms with Crippen molar-refractivity contribution < 1.29 is 4.52 Å². The molecule has 0 aliphatic heterocycles. The summed E-state index contributed by atoms with van der Waals surface area (Å²) in [7, 11) is 0. The van der Waals surface area contributed by atoms with Gasteiger partial charge in [-0.2, -0.15) is 4.98 Å². The van der Waals surface area contributed by atoms with Gasteiger partial charge in [-0.15, -0.1) is 10.2 Å². The lowest BCUT2D eigenvalue weighted by molar-refractivity contribution is 0.375. The molecule has 0 atom stereocenters. The Morgan fingerprint density at radius 1 is 1.03 bits per heavy atom. The molecule has 0 unspecified atom stereocenters. The molecule has 0 amide bonds. The van der Waals surface area contributed by atoms with E-state index in [4.69, 9.17) is 16.1 Å². The van der Waals surface area contributed by atoms with Gasteiger partial charge in [0, 0.05) is 16.5 Å². The van der Waals surface area contributed by atoms with Gasteiger partial charge in [0.15, 0.2) is 16.8 Å². The predicted octanol–water partition coefficient (Wildman–Crippen LogP) is 5.20. The molecule has 1 fully saturated rings. The summed E-state index contributed by atoms with van der Waals surface area (Å²) in [5, 5.41) is 14.5. The van der Waals surface area contributed by atoms with Crippen molar-refractivity contribution in [1.29, 1.82) is 0 Å². The van der Waals surface area contributed by atoms with Crippen LogP contribution in [0.25, 0.3) is 11.4 Å². The third-order valence-corrected chi connectivity index (χ3v) is 5.96. The number of nitrogens with zero attached hydrogens (tertiary/aromatic N) is 5. The molecular weight excluding hydrogens is 406 g/mol. The third-order valence-electron chi connectivity index (χ3n) is 4.74. The fourth-order valence-electron chi connectivity index (χ4n) is 3.07. The fraction of sp³-hybridized carbons (Fsp3) is 0.238. The van der Waals surface area contributed by atoms with Gasteiger partial charge >= 0.3 is 0 Å². The average molecular weight is 424 g/mol. The highest BCUT2D eigenvalue weighted by Crippen LogP contribution is 2.39. The molecule has 4 aromatic rings. The van der Waals surface area contributed by atoms with E-state index < -0.39 is 0 Å². The smallest absolute Gasteiger partial charge is 0.229 e. The molecule has 29 heavy (non-hydrogen) atoms. The van der Waals surface area contributed by atoms with E-state index in [9.17, 15) is 0 Å². The Labute approximate surface area is 177 Å². The largest absolute Gasteiger partial charge is 0.339 e. The maximum Gasteiger partial charge on any atom is 0.229 e. The van der Waals surface area contributed by atoms with Crippen LogP contribution in [-0.4, -0.2) is 24.9 Å². The van der Waals surface area contributed by atoms with Gasteiger partial charge in [0.2, 0.25) is 5.89 Å². The number of aromatic nitrogens is 5. The van der Waals surface area contributed by atoms with E-state index in [0.717, 1.165) is 35.3 Å². The standard InChI is InChI=1S/C21H18ClN5OS/c22-17-10-8-15(9-11-17)19-24-25-21(27(19)12-14-4-2-1-3-5-14)29-13-18-23-20(28-26-18)16-6-7-16/h1-5,8-11,16H,6-7,12-13H2. The summed E-state index contributed by atoms with van der Waals surface area (Å²) >= 11 is 7.61. The number of benzene rings is 2. The summed E-state index contributed by atoms with van der Waals surface area (Å²) in [5.41, 5.74) is 2.15. The molecule has 146 valence electrons. The van der Waals surface area contributed by atoms with Crippen LogP contribution in [0, 0.1) is 0 Å². The van der Waals surface area contributed by atoms with Gasteiger partial charge in [-0.05, 0) is 42.7 Å². The second-order valence-corrected chi connectivity index (χ2v) is 8.38. The Kier molecular flexibility index (Phi) is 5.08. The molecule has 0 radical (unpaired) electrons. The van der Waals surface area contributed by atoms with Gasteiger partial charge in [-0.25, -0.2) is 0 Å². The molecule has 2 heterocycles. The van der Waals surface area contributed by atoms with E-state index in [1.54, 1.807) is 11.8 Å². The lowest BCUT2D eigenvalue weighted by atomic mass is 10.2. The first kappa shape index (κ1) is 18.4. The SMILES string of the molecule is Clc1ccc(-c2nnc(SCc3noc(C4CC4)n3)n2Cc2ccccc2)cc1. The maximum atomic E-state index is 6.05. The Balaban J connectivity index is 1.42. The normalized spacial score (nSPS) is 13.7. The molecular formula is C21H18ClN5OS. The van der Waals surface area contributed by atoms with Gasteiger partial charge in [0.25, 0.3) is 0 Å². The Morgan fingerprint density at radius 3 is 2.59 bits per heavy atom. The minimum absolute atomic E-state index is 0.458. The van der Waals surface area contributed by atoms with Crippen molar-refractivity contribution in [2.45, 2.75) is 36.2 Å².